The smallest absolute Gasteiger partial charge is 0.429 e. The molecule has 2 nitrogen and oxygen atoms in total. The number of rotatable bonds is 4. The maximum absolute atomic E-state index is 12.7. The molecule has 1 atom stereocenters. The summed E-state index contributed by atoms with van der Waals surface area (Å²) in [6, 6.07) is 2.54. The predicted octanol–water partition coefficient (Wildman–Crippen LogP) is 3.10. The fourth-order valence-corrected chi connectivity index (χ4v) is 1.34. The third-order valence-electron chi connectivity index (χ3n) is 3.31. The maximum Gasteiger partial charge on any atom is 0.433 e. The number of halogens is 3. The van der Waals surface area contributed by atoms with Gasteiger partial charge in [-0.15, -0.1) is 9.24 Å². The highest BCUT2D eigenvalue weighted by Crippen LogP contribution is 2.33. The third kappa shape index (κ3) is 4.46. The summed E-state index contributed by atoms with van der Waals surface area (Å²) in [4.78, 5) is 3.49. The van der Waals surface area contributed by atoms with Gasteiger partial charge in [0.05, 0.1) is 5.60 Å². The van der Waals surface area contributed by atoms with E-state index in [1.807, 2.05) is 27.7 Å². The second-order valence-electron chi connectivity index (χ2n) is 5.89. The Morgan fingerprint density at radius 3 is 2.15 bits per heavy atom. The zero-order valence-corrected chi connectivity index (χ0v) is 13.5. The Labute approximate surface area is 121 Å². The lowest BCUT2D eigenvalue weighted by molar-refractivity contribution is -0.141. The Morgan fingerprint density at radius 2 is 1.70 bits per heavy atom. The van der Waals surface area contributed by atoms with Crippen LogP contribution in [-0.2, 0) is 10.8 Å². The van der Waals surface area contributed by atoms with Gasteiger partial charge >= 0.3 is 13.7 Å². The van der Waals surface area contributed by atoms with E-state index in [0.29, 0.717) is 11.2 Å². The zero-order chi connectivity index (χ0) is 15.8. The highest BCUT2D eigenvalue weighted by atomic mass is 31.0. The van der Waals surface area contributed by atoms with E-state index in [2.05, 4.69) is 14.2 Å². The molecule has 20 heavy (non-hydrogen) atoms. The number of aryl methyl sites for hydroxylation is 1. The molecule has 0 spiro atoms. The Morgan fingerprint density at radius 1 is 1.15 bits per heavy atom. The van der Waals surface area contributed by atoms with Crippen LogP contribution in [0.3, 0.4) is 0 Å². The molecule has 1 unspecified atom stereocenters. The Hall–Kier alpha value is -0.605. The predicted molar refractivity (Wildman–Crippen MR) is 78.3 cm³/mol. The summed E-state index contributed by atoms with van der Waals surface area (Å²) >= 11 is 0. The Bertz CT molecular complexity index is 483. The van der Waals surface area contributed by atoms with Gasteiger partial charge in [-0.1, -0.05) is 13.8 Å². The summed E-state index contributed by atoms with van der Waals surface area (Å²) in [5.74, 6) is 0. The van der Waals surface area contributed by atoms with Crippen LogP contribution in [0.2, 0.25) is 0 Å². The van der Waals surface area contributed by atoms with Crippen LogP contribution in [0.4, 0.5) is 13.2 Å². The van der Waals surface area contributed by atoms with Crippen molar-refractivity contribution in [3.05, 3.63) is 23.5 Å². The molecule has 7 heteroatoms. The maximum atomic E-state index is 12.7. The molecule has 0 aromatic carbocycles. The summed E-state index contributed by atoms with van der Waals surface area (Å²) < 4.78 is 43.7. The second-order valence-corrected chi connectivity index (χ2v) is 7.34. The van der Waals surface area contributed by atoms with E-state index >= 15 is 0 Å². The molecule has 0 aliphatic rings. The fourth-order valence-electron chi connectivity index (χ4n) is 1.28. The van der Waals surface area contributed by atoms with Crippen molar-refractivity contribution >= 4 is 22.2 Å². The molecule has 0 bridgehead atoms. The first kappa shape index (κ1) is 17.4. The number of aromatic nitrogens is 1. The minimum absolute atomic E-state index is 0.224. The molecule has 111 valence electrons. The van der Waals surface area contributed by atoms with Gasteiger partial charge in [-0.05, 0) is 38.4 Å². The highest BCUT2D eigenvalue weighted by molar-refractivity contribution is 7.19. The van der Waals surface area contributed by atoms with E-state index in [0.717, 1.165) is 6.07 Å². The van der Waals surface area contributed by atoms with Crippen LogP contribution in [0.5, 0.6) is 0 Å². The summed E-state index contributed by atoms with van der Waals surface area (Å²) in [6.07, 6.45) is -4.45. The van der Waals surface area contributed by atoms with Crippen molar-refractivity contribution in [3.63, 3.8) is 0 Å². The molecule has 0 saturated heterocycles. The van der Waals surface area contributed by atoms with Crippen LogP contribution in [0.25, 0.3) is 0 Å². The van der Waals surface area contributed by atoms with Gasteiger partial charge in [0.25, 0.3) is 0 Å². The van der Waals surface area contributed by atoms with Crippen LogP contribution < -0.4 is 5.46 Å². The normalized spacial score (nSPS) is 13.4. The van der Waals surface area contributed by atoms with Gasteiger partial charge < -0.3 is 4.65 Å². The number of nitrogens with zero attached hydrogens (tertiary/aromatic N) is 1. The van der Waals surface area contributed by atoms with E-state index < -0.39 is 17.5 Å². The van der Waals surface area contributed by atoms with Crippen molar-refractivity contribution in [3.8, 4) is 0 Å². The Kier molecular flexibility index (Phi) is 4.93. The van der Waals surface area contributed by atoms with Crippen molar-refractivity contribution in [2.24, 2.45) is 0 Å². The Balaban J connectivity index is 2.92. The van der Waals surface area contributed by atoms with Gasteiger partial charge in [-0.3, -0.25) is 0 Å². The number of hydrogen-bond donors (Lipinski definition) is 0. The summed E-state index contributed by atoms with van der Waals surface area (Å²) in [5.41, 5.74) is -0.784. The molecule has 0 aliphatic carbocycles. The third-order valence-corrected chi connectivity index (χ3v) is 4.00. The molecule has 1 heterocycles. The fraction of sp³-hybridized carbons (Fsp3) is 0.615. The lowest BCUT2D eigenvalue weighted by Gasteiger charge is -2.39. The first-order chi connectivity index (χ1) is 8.83. The molecule has 0 aliphatic heterocycles. The van der Waals surface area contributed by atoms with Crippen molar-refractivity contribution in [2.45, 2.75) is 51.6 Å². The second kappa shape index (κ2) is 5.65. The standard InChI is InChI=1S/C13H19BF3NOP/c1-8-6-9(7-10(18-8)13(15,16)17)14-19-11(2,3)12(4,5)20/h6-7H,20H2,1-5H3. The van der Waals surface area contributed by atoms with Crippen LogP contribution in [0.15, 0.2) is 12.1 Å². The molecule has 1 aromatic heterocycles. The SMILES string of the molecule is Cc1cc([B]OC(C)(C)C(C)(C)P)cc(C(F)(F)F)n1. The van der Waals surface area contributed by atoms with Gasteiger partial charge in [-0.2, -0.15) is 13.2 Å². The van der Waals surface area contributed by atoms with E-state index in [-0.39, 0.29) is 5.16 Å². The number of hydrogen-bond acceptors (Lipinski definition) is 2. The quantitative estimate of drug-likeness (QED) is 0.630. The lowest BCUT2D eigenvalue weighted by atomic mass is 9.83. The van der Waals surface area contributed by atoms with Crippen molar-refractivity contribution < 1.29 is 17.8 Å². The monoisotopic (exact) mass is 304 g/mol. The van der Waals surface area contributed by atoms with Crippen molar-refractivity contribution in [2.75, 3.05) is 0 Å². The van der Waals surface area contributed by atoms with Gasteiger partial charge in [0, 0.05) is 10.9 Å². The van der Waals surface area contributed by atoms with E-state index in [4.69, 9.17) is 4.65 Å². The average Bonchev–Trinajstić information content (AvgIpc) is 2.23. The first-order valence-corrected chi connectivity index (χ1v) is 6.76. The number of pyridine rings is 1. The minimum atomic E-state index is -4.45. The average molecular weight is 304 g/mol. The summed E-state index contributed by atoms with van der Waals surface area (Å²) in [5, 5.41) is -0.224. The van der Waals surface area contributed by atoms with Crippen LogP contribution in [0, 0.1) is 6.92 Å². The van der Waals surface area contributed by atoms with Crippen LogP contribution in [-0.4, -0.2) is 23.2 Å². The largest absolute Gasteiger partial charge is 0.433 e. The van der Waals surface area contributed by atoms with E-state index in [1.165, 1.54) is 14.4 Å². The molecule has 1 radical (unpaired) electrons. The van der Waals surface area contributed by atoms with Gasteiger partial charge in [0.15, 0.2) is 0 Å². The highest BCUT2D eigenvalue weighted by Gasteiger charge is 2.35. The number of alkyl halides is 3. The van der Waals surface area contributed by atoms with Crippen LogP contribution in [0.1, 0.15) is 39.1 Å². The first-order valence-electron chi connectivity index (χ1n) is 6.19. The van der Waals surface area contributed by atoms with Crippen molar-refractivity contribution in [1.29, 1.82) is 0 Å². The van der Waals surface area contributed by atoms with Crippen molar-refractivity contribution in [1.82, 2.24) is 4.98 Å². The molecular formula is C13H19BF3NOP. The summed E-state index contributed by atoms with van der Waals surface area (Å²) in [7, 11) is 4.03. The molecule has 0 amide bonds. The molecule has 1 rings (SSSR count). The molecule has 0 fully saturated rings. The van der Waals surface area contributed by atoms with Gasteiger partial charge in [0.2, 0.25) is 0 Å². The van der Waals surface area contributed by atoms with Gasteiger partial charge in [0.1, 0.15) is 5.69 Å². The molecule has 1 aromatic rings. The van der Waals surface area contributed by atoms with E-state index in [9.17, 15) is 13.2 Å². The topological polar surface area (TPSA) is 22.1 Å². The van der Waals surface area contributed by atoms with Crippen LogP contribution >= 0.6 is 9.24 Å². The summed E-state index contributed by atoms with van der Waals surface area (Å²) in [6.45, 7) is 9.25. The molecule has 0 saturated carbocycles. The van der Waals surface area contributed by atoms with E-state index in [1.54, 1.807) is 6.07 Å². The lowest BCUT2D eigenvalue weighted by Crippen LogP contribution is -2.45. The molecule has 0 N–H and O–H groups in total. The molecular weight excluding hydrogens is 285 g/mol. The minimum Gasteiger partial charge on any atom is -0.429 e. The zero-order valence-electron chi connectivity index (χ0n) is 12.3. The van der Waals surface area contributed by atoms with Gasteiger partial charge in [-0.25, -0.2) is 4.98 Å².